The van der Waals surface area contributed by atoms with Gasteiger partial charge >= 0.3 is 5.97 Å². The third kappa shape index (κ3) is 3.40. The van der Waals surface area contributed by atoms with Crippen molar-refractivity contribution in [2.45, 2.75) is 38.6 Å². The summed E-state index contributed by atoms with van der Waals surface area (Å²) >= 11 is 0. The topological polar surface area (TPSA) is 40.5 Å². The normalized spacial score (nSPS) is 24.0. The summed E-state index contributed by atoms with van der Waals surface area (Å²) in [5.74, 6) is -3.33. The highest BCUT2D eigenvalue weighted by Crippen LogP contribution is 2.36. The van der Waals surface area contributed by atoms with E-state index in [1.165, 1.54) is 12.1 Å². The average molecular weight is 297 g/mol. The maximum Gasteiger partial charge on any atom is 0.307 e. The quantitative estimate of drug-likeness (QED) is 0.911. The van der Waals surface area contributed by atoms with Crippen LogP contribution in [0.15, 0.2) is 18.2 Å². The van der Waals surface area contributed by atoms with Crippen molar-refractivity contribution in [2.75, 3.05) is 13.1 Å². The minimum atomic E-state index is -0.919. The zero-order chi connectivity index (χ0) is 15.8. The summed E-state index contributed by atoms with van der Waals surface area (Å²) in [6.07, 6.45) is 0.466. The first kappa shape index (κ1) is 15.9. The van der Waals surface area contributed by atoms with Crippen LogP contribution in [0.4, 0.5) is 8.78 Å². The SMILES string of the molecule is CC(C)(C)N1CC[C@H](C(=O)O)[C@@H](c2ccc(F)cc2F)C1. The van der Waals surface area contributed by atoms with Crippen molar-refractivity contribution in [3.05, 3.63) is 35.4 Å². The number of carboxylic acids is 1. The number of likely N-dealkylation sites (tertiary alicyclic amines) is 1. The Bertz CT molecular complexity index is 540. The minimum Gasteiger partial charge on any atom is -0.481 e. The van der Waals surface area contributed by atoms with Gasteiger partial charge in [-0.2, -0.15) is 0 Å². The number of rotatable bonds is 2. The molecule has 1 aromatic carbocycles. The Morgan fingerprint density at radius 2 is 2.00 bits per heavy atom. The Morgan fingerprint density at radius 1 is 1.33 bits per heavy atom. The third-order valence-electron chi connectivity index (χ3n) is 4.24. The highest BCUT2D eigenvalue weighted by Gasteiger charge is 2.39. The van der Waals surface area contributed by atoms with E-state index >= 15 is 0 Å². The highest BCUT2D eigenvalue weighted by molar-refractivity contribution is 5.71. The number of nitrogens with zero attached hydrogens (tertiary/aromatic N) is 1. The molecule has 1 fully saturated rings. The Labute approximate surface area is 123 Å². The lowest BCUT2D eigenvalue weighted by atomic mass is 9.79. The van der Waals surface area contributed by atoms with Crippen molar-refractivity contribution >= 4 is 5.97 Å². The first-order valence-electron chi connectivity index (χ1n) is 7.13. The first-order chi connectivity index (χ1) is 9.70. The Balaban J connectivity index is 2.36. The molecule has 0 spiro atoms. The molecule has 1 aliphatic rings. The number of aliphatic carboxylic acids is 1. The smallest absolute Gasteiger partial charge is 0.307 e. The van der Waals surface area contributed by atoms with Crippen molar-refractivity contribution < 1.29 is 18.7 Å². The summed E-state index contributed by atoms with van der Waals surface area (Å²) < 4.78 is 27.1. The van der Waals surface area contributed by atoms with E-state index in [1.807, 2.05) is 20.8 Å². The number of hydrogen-bond donors (Lipinski definition) is 1. The molecule has 0 saturated carbocycles. The molecule has 1 aromatic rings. The van der Waals surface area contributed by atoms with E-state index in [0.29, 0.717) is 19.5 Å². The van der Waals surface area contributed by atoms with Crippen LogP contribution in [0.1, 0.15) is 38.7 Å². The zero-order valence-electron chi connectivity index (χ0n) is 12.6. The molecule has 2 atom stereocenters. The molecule has 21 heavy (non-hydrogen) atoms. The second-order valence-electron chi connectivity index (χ2n) is 6.62. The fraction of sp³-hybridized carbons (Fsp3) is 0.562. The van der Waals surface area contributed by atoms with Gasteiger partial charge in [0.05, 0.1) is 5.92 Å². The van der Waals surface area contributed by atoms with E-state index in [2.05, 4.69) is 4.90 Å². The number of carboxylic acid groups (broad SMARTS) is 1. The van der Waals surface area contributed by atoms with Gasteiger partial charge in [-0.15, -0.1) is 0 Å². The molecule has 5 heteroatoms. The van der Waals surface area contributed by atoms with E-state index in [1.54, 1.807) is 0 Å². The average Bonchev–Trinajstić information content (AvgIpc) is 2.37. The van der Waals surface area contributed by atoms with Crippen LogP contribution in [0.25, 0.3) is 0 Å². The van der Waals surface area contributed by atoms with Gasteiger partial charge in [0.25, 0.3) is 0 Å². The number of piperidine rings is 1. The van der Waals surface area contributed by atoms with Crippen LogP contribution in [0.5, 0.6) is 0 Å². The second-order valence-corrected chi connectivity index (χ2v) is 6.62. The van der Waals surface area contributed by atoms with E-state index in [9.17, 15) is 18.7 Å². The monoisotopic (exact) mass is 297 g/mol. The Morgan fingerprint density at radius 3 is 2.52 bits per heavy atom. The van der Waals surface area contributed by atoms with Crippen LogP contribution in [0.3, 0.4) is 0 Å². The van der Waals surface area contributed by atoms with Crippen LogP contribution in [-0.4, -0.2) is 34.6 Å². The van der Waals surface area contributed by atoms with Gasteiger partial charge < -0.3 is 5.11 Å². The van der Waals surface area contributed by atoms with Crippen LogP contribution in [0, 0.1) is 17.6 Å². The predicted octanol–water partition coefficient (Wildman–Crippen LogP) is 3.25. The molecule has 3 nitrogen and oxygen atoms in total. The van der Waals surface area contributed by atoms with Crippen molar-refractivity contribution in [2.24, 2.45) is 5.92 Å². The van der Waals surface area contributed by atoms with Crippen LogP contribution >= 0.6 is 0 Å². The van der Waals surface area contributed by atoms with Crippen molar-refractivity contribution in [3.8, 4) is 0 Å². The van der Waals surface area contributed by atoms with Crippen molar-refractivity contribution in [3.63, 3.8) is 0 Å². The van der Waals surface area contributed by atoms with Crippen LogP contribution in [-0.2, 0) is 4.79 Å². The maximum absolute atomic E-state index is 14.0. The molecular weight excluding hydrogens is 276 g/mol. The molecule has 116 valence electrons. The second kappa shape index (κ2) is 5.72. The lowest BCUT2D eigenvalue weighted by molar-refractivity contribution is -0.144. The fourth-order valence-electron chi connectivity index (χ4n) is 2.97. The van der Waals surface area contributed by atoms with Gasteiger partial charge in [0.2, 0.25) is 0 Å². The molecule has 1 saturated heterocycles. The van der Waals surface area contributed by atoms with E-state index in [-0.39, 0.29) is 11.1 Å². The Hall–Kier alpha value is -1.49. The van der Waals surface area contributed by atoms with Gasteiger partial charge in [0, 0.05) is 24.1 Å². The van der Waals surface area contributed by atoms with Crippen molar-refractivity contribution in [1.29, 1.82) is 0 Å². The lowest BCUT2D eigenvalue weighted by Gasteiger charge is -2.44. The number of halogens is 2. The summed E-state index contributed by atoms with van der Waals surface area (Å²) in [4.78, 5) is 13.6. The van der Waals surface area contributed by atoms with Gasteiger partial charge in [0.15, 0.2) is 0 Å². The first-order valence-corrected chi connectivity index (χ1v) is 7.13. The molecule has 1 heterocycles. The molecule has 2 rings (SSSR count). The molecule has 0 aliphatic carbocycles. The molecule has 0 radical (unpaired) electrons. The molecule has 0 aromatic heterocycles. The largest absolute Gasteiger partial charge is 0.481 e. The summed E-state index contributed by atoms with van der Waals surface area (Å²) in [5.41, 5.74) is 0.177. The minimum absolute atomic E-state index is 0.113. The van der Waals surface area contributed by atoms with E-state index < -0.39 is 29.4 Å². The summed E-state index contributed by atoms with van der Waals surface area (Å²) in [6, 6.07) is 3.38. The molecule has 0 bridgehead atoms. The highest BCUT2D eigenvalue weighted by atomic mass is 19.1. The lowest BCUT2D eigenvalue weighted by Crippen LogP contribution is -2.50. The maximum atomic E-state index is 14.0. The number of carbonyl (C=O) groups is 1. The van der Waals surface area contributed by atoms with Gasteiger partial charge in [-0.25, -0.2) is 8.78 Å². The zero-order valence-corrected chi connectivity index (χ0v) is 12.6. The standard InChI is InChI=1S/C16H21F2NO2/c1-16(2,3)19-7-6-12(15(20)21)13(9-19)11-5-4-10(17)8-14(11)18/h4-5,8,12-13H,6-7,9H2,1-3H3,(H,20,21)/t12-,13+/m0/s1. The van der Waals surface area contributed by atoms with Gasteiger partial charge in [-0.3, -0.25) is 9.69 Å². The molecular formula is C16H21F2NO2. The fourth-order valence-corrected chi connectivity index (χ4v) is 2.97. The van der Waals surface area contributed by atoms with E-state index in [0.717, 1.165) is 6.07 Å². The predicted molar refractivity (Wildman–Crippen MR) is 76.2 cm³/mol. The third-order valence-corrected chi connectivity index (χ3v) is 4.24. The van der Waals surface area contributed by atoms with Gasteiger partial charge in [0.1, 0.15) is 11.6 Å². The summed E-state index contributed by atoms with van der Waals surface area (Å²) in [5, 5.41) is 9.39. The van der Waals surface area contributed by atoms with E-state index in [4.69, 9.17) is 0 Å². The number of benzene rings is 1. The van der Waals surface area contributed by atoms with Crippen molar-refractivity contribution in [1.82, 2.24) is 4.90 Å². The number of hydrogen-bond acceptors (Lipinski definition) is 2. The van der Waals surface area contributed by atoms with Gasteiger partial charge in [-0.1, -0.05) is 6.07 Å². The molecule has 0 amide bonds. The van der Waals surface area contributed by atoms with Crippen LogP contribution in [0.2, 0.25) is 0 Å². The van der Waals surface area contributed by atoms with Crippen LogP contribution < -0.4 is 0 Å². The Kier molecular flexibility index (Phi) is 4.33. The summed E-state index contributed by atoms with van der Waals surface area (Å²) in [7, 11) is 0. The van der Waals surface area contributed by atoms with Gasteiger partial charge in [-0.05, 0) is 45.4 Å². The molecule has 1 aliphatic heterocycles. The molecule has 1 N–H and O–H groups in total. The summed E-state index contributed by atoms with van der Waals surface area (Å²) in [6.45, 7) is 7.27. The molecule has 0 unspecified atom stereocenters.